The van der Waals surface area contributed by atoms with Crippen LogP contribution in [0.25, 0.3) is 11.2 Å². The Balaban J connectivity index is 1.49. The van der Waals surface area contributed by atoms with Gasteiger partial charge in [0.1, 0.15) is 0 Å². The van der Waals surface area contributed by atoms with E-state index in [-0.39, 0.29) is 17.9 Å². The van der Waals surface area contributed by atoms with Gasteiger partial charge in [0.2, 0.25) is 17.3 Å². The zero-order chi connectivity index (χ0) is 24.8. The standard InChI is InChI=1S/C25H28N8O2/c1-4-6-9-21(35)32(3)19-12-10-17(11-13-19)29-25-30-23-22(26-16-27-23)24(31-25)28-18-8-7-14-33(15-18)20(34)5-2/h1,5,10-13,16,18H,2,6-9,14-15H2,3H3,(H3,26,27,28,29,30,31)/p+1. The van der Waals surface area contributed by atoms with Crippen LogP contribution in [0.5, 0.6) is 0 Å². The SMILES string of the molecule is C#CCCC(=O)N(C)c1ccc(Nc2nc(NC3CCCN(C(=O)C=C)C3)c3[nH]c[nH+]c3n2)cc1. The van der Waals surface area contributed by atoms with Crippen molar-refractivity contribution in [3.05, 3.63) is 43.2 Å². The van der Waals surface area contributed by atoms with E-state index in [1.807, 2.05) is 24.3 Å². The number of rotatable bonds is 8. The molecule has 1 saturated heterocycles. The quantitative estimate of drug-likeness (QED) is 0.342. The Morgan fingerprint density at radius 3 is 2.91 bits per heavy atom. The number of piperidine rings is 1. The lowest BCUT2D eigenvalue weighted by Gasteiger charge is -2.32. The molecule has 35 heavy (non-hydrogen) atoms. The van der Waals surface area contributed by atoms with Crippen molar-refractivity contribution in [3.8, 4) is 12.3 Å². The number of fused-ring (bicyclic) bond motifs is 1. The van der Waals surface area contributed by atoms with E-state index in [2.05, 4.69) is 43.1 Å². The number of carbonyl (C=O) groups is 2. The number of nitrogens with one attached hydrogen (secondary N) is 4. The van der Waals surface area contributed by atoms with Crippen LogP contribution in [-0.4, -0.2) is 57.8 Å². The number of hydrogen-bond donors (Lipinski definition) is 3. The number of benzene rings is 1. The molecule has 1 aliphatic rings. The fourth-order valence-electron chi connectivity index (χ4n) is 4.04. The molecule has 4 rings (SSSR count). The molecule has 0 radical (unpaired) electrons. The van der Waals surface area contributed by atoms with Gasteiger partial charge in [-0.15, -0.1) is 12.3 Å². The highest BCUT2D eigenvalue weighted by Gasteiger charge is 2.25. The Bertz CT molecular complexity index is 1260. The number of amides is 2. The molecule has 4 N–H and O–H groups in total. The fraction of sp³-hybridized carbons (Fsp3) is 0.320. The average molecular weight is 474 g/mol. The topological polar surface area (TPSA) is 120 Å². The summed E-state index contributed by atoms with van der Waals surface area (Å²) in [7, 11) is 1.73. The van der Waals surface area contributed by atoms with Gasteiger partial charge < -0.3 is 20.4 Å². The molecule has 0 bridgehead atoms. The minimum absolute atomic E-state index is 0.0350. The summed E-state index contributed by atoms with van der Waals surface area (Å²) in [5.41, 5.74) is 2.95. The Labute approximate surface area is 203 Å². The van der Waals surface area contributed by atoms with Gasteiger partial charge in [0.25, 0.3) is 0 Å². The van der Waals surface area contributed by atoms with E-state index >= 15 is 0 Å². The van der Waals surface area contributed by atoms with Gasteiger partial charge in [-0.05, 0) is 43.2 Å². The minimum Gasteiger partial charge on any atom is -0.362 e. The lowest BCUT2D eigenvalue weighted by Crippen LogP contribution is -2.44. The first-order chi connectivity index (χ1) is 17.0. The Morgan fingerprint density at radius 2 is 2.17 bits per heavy atom. The molecule has 2 amide bonds. The van der Waals surface area contributed by atoms with Crippen molar-refractivity contribution < 1.29 is 14.6 Å². The second-order valence-electron chi connectivity index (χ2n) is 8.35. The molecule has 180 valence electrons. The van der Waals surface area contributed by atoms with Crippen LogP contribution in [0.3, 0.4) is 0 Å². The van der Waals surface area contributed by atoms with Gasteiger partial charge in [-0.2, -0.15) is 4.98 Å². The molecule has 3 aromatic rings. The summed E-state index contributed by atoms with van der Waals surface area (Å²) in [6, 6.07) is 7.49. The highest BCUT2D eigenvalue weighted by atomic mass is 16.2. The smallest absolute Gasteiger partial charge is 0.307 e. The largest absolute Gasteiger partial charge is 0.362 e. The number of terminal acetylenes is 1. The van der Waals surface area contributed by atoms with Crippen LogP contribution in [0.1, 0.15) is 25.7 Å². The lowest BCUT2D eigenvalue weighted by molar-refractivity contribution is -0.347. The number of nitrogens with zero attached hydrogens (tertiary/aromatic N) is 4. The van der Waals surface area contributed by atoms with E-state index in [0.29, 0.717) is 36.8 Å². The molecule has 0 saturated carbocycles. The molecule has 1 fully saturated rings. The third-order valence-electron chi connectivity index (χ3n) is 5.95. The minimum atomic E-state index is -0.0632. The summed E-state index contributed by atoms with van der Waals surface area (Å²) in [6.45, 7) is 4.90. The number of hydrogen-bond acceptors (Lipinski definition) is 6. The summed E-state index contributed by atoms with van der Waals surface area (Å²) >= 11 is 0. The van der Waals surface area contributed by atoms with Crippen molar-refractivity contribution in [1.82, 2.24) is 19.9 Å². The van der Waals surface area contributed by atoms with Crippen molar-refractivity contribution in [2.24, 2.45) is 0 Å². The third kappa shape index (κ3) is 5.58. The summed E-state index contributed by atoms with van der Waals surface area (Å²) in [4.78, 5) is 43.1. The molecule has 0 spiro atoms. The van der Waals surface area contributed by atoms with Gasteiger partial charge in [-0.3, -0.25) is 14.6 Å². The van der Waals surface area contributed by atoms with Crippen LogP contribution in [0, 0.1) is 12.3 Å². The number of H-pyrrole nitrogens is 2. The summed E-state index contributed by atoms with van der Waals surface area (Å²) in [5.74, 6) is 3.45. The van der Waals surface area contributed by atoms with Gasteiger partial charge in [0, 0.05) is 50.4 Å². The van der Waals surface area contributed by atoms with Crippen molar-refractivity contribution >= 4 is 46.1 Å². The van der Waals surface area contributed by atoms with Gasteiger partial charge in [-0.1, -0.05) is 11.6 Å². The van der Waals surface area contributed by atoms with E-state index in [4.69, 9.17) is 6.42 Å². The molecule has 10 nitrogen and oxygen atoms in total. The number of aromatic amines is 2. The normalized spacial score (nSPS) is 15.3. The van der Waals surface area contributed by atoms with Crippen molar-refractivity contribution in [3.63, 3.8) is 0 Å². The Morgan fingerprint density at radius 1 is 1.37 bits per heavy atom. The molecule has 1 unspecified atom stereocenters. The van der Waals surface area contributed by atoms with Gasteiger partial charge >= 0.3 is 11.6 Å². The van der Waals surface area contributed by atoms with Crippen LogP contribution in [-0.2, 0) is 9.59 Å². The van der Waals surface area contributed by atoms with Crippen molar-refractivity contribution in [2.45, 2.75) is 31.7 Å². The summed E-state index contributed by atoms with van der Waals surface area (Å²) in [5, 5.41) is 6.70. The number of carbonyl (C=O) groups excluding carboxylic acids is 2. The van der Waals surface area contributed by atoms with E-state index in [0.717, 1.165) is 36.3 Å². The van der Waals surface area contributed by atoms with Gasteiger partial charge in [0.05, 0.1) is 0 Å². The monoisotopic (exact) mass is 473 g/mol. The van der Waals surface area contributed by atoms with Crippen LogP contribution >= 0.6 is 0 Å². The second kappa shape index (κ2) is 10.7. The maximum absolute atomic E-state index is 12.2. The number of likely N-dealkylation sites (tertiary alicyclic amines) is 1. The highest BCUT2D eigenvalue weighted by Crippen LogP contribution is 2.24. The molecule has 0 aliphatic carbocycles. The molecule has 1 atom stereocenters. The first kappa shape index (κ1) is 23.8. The highest BCUT2D eigenvalue weighted by molar-refractivity contribution is 5.93. The third-order valence-corrected chi connectivity index (χ3v) is 5.95. The van der Waals surface area contributed by atoms with E-state index in [9.17, 15) is 9.59 Å². The Kier molecular flexibility index (Phi) is 7.26. The Hall–Kier alpha value is -4.39. The lowest BCUT2D eigenvalue weighted by atomic mass is 10.1. The number of imidazole rings is 1. The van der Waals surface area contributed by atoms with Crippen LogP contribution < -0.4 is 20.5 Å². The maximum atomic E-state index is 12.2. The van der Waals surface area contributed by atoms with Gasteiger partial charge in [0.15, 0.2) is 12.1 Å². The number of anilines is 4. The van der Waals surface area contributed by atoms with Crippen LogP contribution in [0.4, 0.5) is 23.1 Å². The molecule has 2 aromatic heterocycles. The van der Waals surface area contributed by atoms with Gasteiger partial charge in [-0.25, -0.2) is 4.98 Å². The summed E-state index contributed by atoms with van der Waals surface area (Å²) in [6.07, 6.45) is 10.9. The average Bonchev–Trinajstić information content (AvgIpc) is 3.36. The molecule has 10 heteroatoms. The molecular formula is C25H29N8O2+. The predicted molar refractivity (Wildman–Crippen MR) is 135 cm³/mol. The summed E-state index contributed by atoms with van der Waals surface area (Å²) < 4.78 is 0. The fourth-order valence-corrected chi connectivity index (χ4v) is 4.04. The van der Waals surface area contributed by atoms with E-state index in [1.54, 1.807) is 23.2 Å². The molecular weight excluding hydrogens is 444 g/mol. The molecule has 3 heterocycles. The van der Waals surface area contributed by atoms with Crippen LogP contribution in [0.15, 0.2) is 43.2 Å². The zero-order valence-electron chi connectivity index (χ0n) is 19.7. The first-order valence-corrected chi connectivity index (χ1v) is 11.5. The van der Waals surface area contributed by atoms with Crippen LogP contribution in [0.2, 0.25) is 0 Å². The first-order valence-electron chi connectivity index (χ1n) is 11.5. The van der Waals surface area contributed by atoms with E-state index < -0.39 is 0 Å². The zero-order valence-corrected chi connectivity index (χ0v) is 19.7. The second-order valence-corrected chi connectivity index (χ2v) is 8.35. The van der Waals surface area contributed by atoms with Crippen molar-refractivity contribution in [1.29, 1.82) is 0 Å². The maximum Gasteiger partial charge on any atom is 0.307 e. The molecule has 1 aromatic carbocycles. The number of aromatic nitrogens is 4. The van der Waals surface area contributed by atoms with Crippen molar-refractivity contribution in [2.75, 3.05) is 35.7 Å². The van der Waals surface area contributed by atoms with E-state index in [1.165, 1.54) is 6.08 Å². The predicted octanol–water partition coefficient (Wildman–Crippen LogP) is 2.48. The molecule has 1 aliphatic heterocycles.